The van der Waals surface area contributed by atoms with Crippen LogP contribution in [0.4, 0.5) is 14.5 Å². The zero-order valence-corrected chi connectivity index (χ0v) is 14.5. The van der Waals surface area contributed by atoms with Crippen LogP contribution in [0.1, 0.15) is 11.1 Å². The molecule has 3 rings (SSSR count). The van der Waals surface area contributed by atoms with E-state index in [9.17, 15) is 13.6 Å². The quantitative estimate of drug-likeness (QED) is 0.644. The van der Waals surface area contributed by atoms with Gasteiger partial charge in [0, 0.05) is 12.1 Å². The summed E-state index contributed by atoms with van der Waals surface area (Å²) in [5.74, 6) is -0.398. The Kier molecular flexibility index (Phi) is 6.10. The van der Waals surface area contributed by atoms with Gasteiger partial charge < -0.3 is 10.1 Å². The second-order valence-electron chi connectivity index (χ2n) is 5.96. The van der Waals surface area contributed by atoms with Crippen molar-refractivity contribution < 1.29 is 22.9 Å². The Morgan fingerprint density at radius 1 is 0.926 bits per heavy atom. The van der Waals surface area contributed by atoms with Crippen molar-refractivity contribution in [1.29, 1.82) is 0 Å². The van der Waals surface area contributed by atoms with Gasteiger partial charge in [-0.05, 0) is 29.7 Å². The largest absolute Gasteiger partial charge is 0.433 e. The number of rotatable bonds is 7. The standard InChI is InChI=1S/C21H18F2N2O2/c22-21(23)27-19-9-5-4-8-18(19)24-20(26)15-25-12-10-17(11-13-25)14-16-6-2-1-3-7-16/h1-13,21H,14-15H2/p+1. The maximum Gasteiger partial charge on any atom is 0.387 e. The molecule has 0 saturated heterocycles. The van der Waals surface area contributed by atoms with Gasteiger partial charge in [-0.25, -0.2) is 0 Å². The summed E-state index contributed by atoms with van der Waals surface area (Å²) in [5, 5.41) is 2.60. The smallest absolute Gasteiger partial charge is 0.387 e. The Hall–Kier alpha value is -3.28. The van der Waals surface area contributed by atoms with Gasteiger partial charge in [0.05, 0.1) is 5.69 Å². The number of benzene rings is 2. The number of amides is 1. The van der Waals surface area contributed by atoms with Crippen LogP contribution >= 0.6 is 0 Å². The van der Waals surface area contributed by atoms with E-state index in [4.69, 9.17) is 0 Å². The second-order valence-corrected chi connectivity index (χ2v) is 5.96. The fourth-order valence-electron chi connectivity index (χ4n) is 2.67. The SMILES string of the molecule is O=C(C[n+]1ccc(Cc2ccccc2)cc1)Nc1ccccc1OC(F)F. The predicted octanol–water partition coefficient (Wildman–Crippen LogP) is 3.81. The van der Waals surface area contributed by atoms with Crippen LogP contribution in [0, 0.1) is 0 Å². The van der Waals surface area contributed by atoms with Crippen LogP contribution in [0.5, 0.6) is 5.75 Å². The Morgan fingerprint density at radius 2 is 1.56 bits per heavy atom. The maximum atomic E-state index is 12.4. The van der Waals surface area contributed by atoms with Crippen LogP contribution in [-0.4, -0.2) is 12.5 Å². The Morgan fingerprint density at radius 3 is 2.26 bits per heavy atom. The van der Waals surface area contributed by atoms with E-state index in [0.717, 1.165) is 12.0 Å². The predicted molar refractivity (Wildman–Crippen MR) is 97.6 cm³/mol. The fourth-order valence-corrected chi connectivity index (χ4v) is 2.67. The molecule has 0 radical (unpaired) electrons. The highest BCUT2D eigenvalue weighted by atomic mass is 19.3. The molecule has 0 saturated carbocycles. The van der Waals surface area contributed by atoms with Crippen molar-refractivity contribution in [1.82, 2.24) is 0 Å². The van der Waals surface area contributed by atoms with Gasteiger partial charge in [-0.3, -0.25) is 4.79 Å². The summed E-state index contributed by atoms with van der Waals surface area (Å²) < 4.78 is 31.0. The van der Waals surface area contributed by atoms with Crippen LogP contribution in [0.15, 0.2) is 79.1 Å². The van der Waals surface area contributed by atoms with Gasteiger partial charge in [-0.2, -0.15) is 13.3 Å². The van der Waals surface area contributed by atoms with Gasteiger partial charge in [0.1, 0.15) is 5.75 Å². The summed E-state index contributed by atoms with van der Waals surface area (Å²) in [6.45, 7) is -2.89. The van der Waals surface area contributed by atoms with Crippen LogP contribution in [0.2, 0.25) is 0 Å². The van der Waals surface area contributed by atoms with Gasteiger partial charge in [0.25, 0.3) is 5.91 Å². The van der Waals surface area contributed by atoms with E-state index in [2.05, 4.69) is 22.2 Å². The van der Waals surface area contributed by atoms with Crippen molar-refractivity contribution in [3.63, 3.8) is 0 Å². The Labute approximate surface area is 156 Å². The average molecular weight is 369 g/mol. The minimum atomic E-state index is -2.95. The lowest BCUT2D eigenvalue weighted by Crippen LogP contribution is -2.39. The van der Waals surface area contributed by atoms with Crippen molar-refractivity contribution >= 4 is 11.6 Å². The van der Waals surface area contributed by atoms with Crippen LogP contribution < -0.4 is 14.6 Å². The summed E-state index contributed by atoms with van der Waals surface area (Å²) in [6, 6.07) is 20.1. The van der Waals surface area contributed by atoms with Crippen molar-refractivity contribution in [3.8, 4) is 5.75 Å². The number of carbonyl (C=O) groups is 1. The normalized spacial score (nSPS) is 10.6. The number of alkyl halides is 2. The summed E-state index contributed by atoms with van der Waals surface area (Å²) in [7, 11) is 0. The second kappa shape index (κ2) is 8.89. The molecule has 0 aliphatic rings. The summed E-state index contributed by atoms with van der Waals surface area (Å²) >= 11 is 0. The number of ether oxygens (including phenoxy) is 1. The molecule has 0 aliphatic carbocycles. The van der Waals surface area contributed by atoms with Gasteiger partial charge in [0.2, 0.25) is 6.54 Å². The number of hydrogen-bond donors (Lipinski definition) is 1. The number of halogens is 2. The highest BCUT2D eigenvalue weighted by Crippen LogP contribution is 2.25. The summed E-state index contributed by atoms with van der Waals surface area (Å²) in [6.07, 6.45) is 4.45. The van der Waals surface area contributed by atoms with E-state index in [1.165, 1.54) is 17.7 Å². The molecule has 0 aliphatic heterocycles. The molecule has 2 aromatic carbocycles. The first kappa shape index (κ1) is 18.5. The average Bonchev–Trinajstić information content (AvgIpc) is 2.65. The molecule has 0 atom stereocenters. The highest BCUT2D eigenvalue weighted by molar-refractivity contribution is 5.91. The summed E-state index contributed by atoms with van der Waals surface area (Å²) in [4.78, 5) is 12.2. The number of hydrogen-bond acceptors (Lipinski definition) is 2. The lowest BCUT2D eigenvalue weighted by molar-refractivity contribution is -0.684. The van der Waals surface area contributed by atoms with Crippen molar-refractivity contribution in [2.24, 2.45) is 0 Å². The molecule has 4 nitrogen and oxygen atoms in total. The van der Waals surface area contributed by atoms with Crippen LogP contribution in [0.25, 0.3) is 0 Å². The molecule has 0 bridgehead atoms. The van der Waals surface area contributed by atoms with Crippen molar-refractivity contribution in [2.75, 3.05) is 5.32 Å². The number of pyridine rings is 1. The van der Waals surface area contributed by atoms with Crippen LogP contribution in [0.3, 0.4) is 0 Å². The third-order valence-electron chi connectivity index (χ3n) is 3.91. The molecule has 3 aromatic rings. The molecule has 138 valence electrons. The van der Waals surface area contributed by atoms with Crippen molar-refractivity contribution in [3.05, 3.63) is 90.3 Å². The minimum Gasteiger partial charge on any atom is -0.433 e. The number of nitrogens with one attached hydrogen (secondary N) is 1. The lowest BCUT2D eigenvalue weighted by atomic mass is 10.1. The number of carbonyl (C=O) groups excluding carboxylic acids is 1. The molecule has 0 unspecified atom stereocenters. The zero-order chi connectivity index (χ0) is 19.1. The summed E-state index contributed by atoms with van der Waals surface area (Å²) in [5.41, 5.74) is 2.56. The van der Waals surface area contributed by atoms with E-state index in [-0.39, 0.29) is 23.9 Å². The van der Waals surface area contributed by atoms with E-state index in [1.807, 2.05) is 42.7 Å². The molecule has 27 heavy (non-hydrogen) atoms. The molecular formula is C21H19F2N2O2+. The highest BCUT2D eigenvalue weighted by Gasteiger charge is 2.14. The number of aromatic nitrogens is 1. The third kappa shape index (κ3) is 5.60. The van der Waals surface area contributed by atoms with E-state index in [1.54, 1.807) is 16.7 Å². The van der Waals surface area contributed by atoms with Gasteiger partial charge >= 0.3 is 6.61 Å². The molecule has 1 heterocycles. The molecule has 1 N–H and O–H groups in total. The first-order valence-electron chi connectivity index (χ1n) is 8.46. The lowest BCUT2D eigenvalue weighted by Gasteiger charge is -2.10. The third-order valence-corrected chi connectivity index (χ3v) is 3.91. The molecule has 0 fully saturated rings. The number of nitrogens with zero attached hydrogens (tertiary/aromatic N) is 1. The number of para-hydroxylation sites is 2. The Bertz CT molecular complexity index is 884. The number of anilines is 1. The van der Waals surface area contributed by atoms with Crippen LogP contribution in [-0.2, 0) is 17.8 Å². The first-order chi connectivity index (χ1) is 13.1. The monoisotopic (exact) mass is 369 g/mol. The topological polar surface area (TPSA) is 42.2 Å². The molecule has 1 aromatic heterocycles. The first-order valence-corrected chi connectivity index (χ1v) is 8.46. The minimum absolute atomic E-state index is 0.0641. The van der Waals surface area contributed by atoms with E-state index in [0.29, 0.717) is 0 Å². The fraction of sp³-hybridized carbons (Fsp3) is 0.143. The van der Waals surface area contributed by atoms with Crippen molar-refractivity contribution in [2.45, 2.75) is 19.6 Å². The zero-order valence-electron chi connectivity index (χ0n) is 14.5. The van der Waals surface area contributed by atoms with Gasteiger partial charge in [-0.1, -0.05) is 42.5 Å². The van der Waals surface area contributed by atoms with E-state index >= 15 is 0 Å². The molecule has 0 spiro atoms. The molecule has 6 heteroatoms. The molecular weight excluding hydrogens is 350 g/mol. The van der Waals surface area contributed by atoms with E-state index < -0.39 is 6.61 Å². The van der Waals surface area contributed by atoms with Gasteiger partial charge in [0.15, 0.2) is 12.4 Å². The molecule has 1 amide bonds. The Balaban J connectivity index is 1.60. The maximum absolute atomic E-state index is 12.4. The van der Waals surface area contributed by atoms with Gasteiger partial charge in [-0.15, -0.1) is 0 Å².